The summed E-state index contributed by atoms with van der Waals surface area (Å²) in [5, 5.41) is 2.59. The molecule has 0 radical (unpaired) electrons. The van der Waals surface area contributed by atoms with Crippen LogP contribution < -0.4 is 11.1 Å². The summed E-state index contributed by atoms with van der Waals surface area (Å²) in [6.45, 7) is 0.938. The zero-order valence-electron chi connectivity index (χ0n) is 10.3. The van der Waals surface area contributed by atoms with Gasteiger partial charge >= 0.3 is 12.1 Å². The highest BCUT2D eigenvalue weighted by Gasteiger charge is 2.45. The van der Waals surface area contributed by atoms with Gasteiger partial charge in [-0.3, -0.25) is 5.32 Å². The Hall–Kier alpha value is -2.31. The second-order valence-electron chi connectivity index (χ2n) is 4.73. The van der Waals surface area contributed by atoms with Crippen LogP contribution in [0.25, 0.3) is 0 Å². The molecular weight excluding hydrogens is 248 g/mol. The molecule has 3 heterocycles. The Balaban J connectivity index is 1.93. The number of rotatable bonds is 0. The molecule has 7 heteroatoms. The largest absolute Gasteiger partial charge is 0.437 e. The number of primary amides is 1. The first-order valence-electron chi connectivity index (χ1n) is 6.11. The monoisotopic (exact) mass is 262 g/mol. The second-order valence-corrected chi connectivity index (χ2v) is 4.73. The van der Waals surface area contributed by atoms with E-state index >= 15 is 0 Å². The number of nitrogens with two attached hydrogens (primary N) is 1. The fourth-order valence-corrected chi connectivity index (χ4v) is 2.69. The lowest BCUT2D eigenvalue weighted by atomic mass is 9.83. The molecule has 0 aliphatic carbocycles. The molecule has 0 unspecified atom stereocenters. The first-order chi connectivity index (χ1) is 9.11. The average Bonchev–Trinajstić information content (AvgIpc) is 2.39. The van der Waals surface area contributed by atoms with Gasteiger partial charge in [0, 0.05) is 37.7 Å². The van der Waals surface area contributed by atoms with E-state index in [2.05, 4.69) is 10.3 Å². The van der Waals surface area contributed by atoms with Gasteiger partial charge in [-0.25, -0.2) is 14.6 Å². The van der Waals surface area contributed by atoms with Gasteiger partial charge < -0.3 is 15.4 Å². The minimum absolute atomic E-state index is 0.443. The first-order valence-corrected chi connectivity index (χ1v) is 6.11. The van der Waals surface area contributed by atoms with E-state index in [1.807, 2.05) is 12.1 Å². The van der Waals surface area contributed by atoms with Crippen LogP contribution in [0.5, 0.6) is 0 Å². The zero-order valence-corrected chi connectivity index (χ0v) is 10.3. The number of ether oxygens (including phenoxy) is 1. The molecule has 1 aromatic rings. The van der Waals surface area contributed by atoms with Crippen molar-refractivity contribution in [2.75, 3.05) is 18.4 Å². The summed E-state index contributed by atoms with van der Waals surface area (Å²) in [7, 11) is 0. The fourth-order valence-electron chi connectivity index (χ4n) is 2.69. The Bertz CT molecular complexity index is 538. The summed E-state index contributed by atoms with van der Waals surface area (Å²) < 4.78 is 5.50. The van der Waals surface area contributed by atoms with Crippen LogP contribution in [-0.2, 0) is 10.3 Å². The van der Waals surface area contributed by atoms with E-state index in [9.17, 15) is 9.59 Å². The summed E-state index contributed by atoms with van der Waals surface area (Å²) in [5.41, 5.74) is 5.42. The van der Waals surface area contributed by atoms with Gasteiger partial charge in [-0.1, -0.05) is 0 Å². The van der Waals surface area contributed by atoms with Crippen LogP contribution >= 0.6 is 0 Å². The average molecular weight is 262 g/mol. The van der Waals surface area contributed by atoms with E-state index in [0.717, 1.165) is 5.56 Å². The van der Waals surface area contributed by atoms with Crippen LogP contribution in [0.4, 0.5) is 15.4 Å². The molecule has 0 aromatic carbocycles. The number of carbonyl (C=O) groups is 2. The van der Waals surface area contributed by atoms with Gasteiger partial charge in [-0.05, 0) is 12.1 Å². The van der Waals surface area contributed by atoms with E-state index in [1.54, 1.807) is 11.1 Å². The van der Waals surface area contributed by atoms with Crippen molar-refractivity contribution < 1.29 is 14.3 Å². The van der Waals surface area contributed by atoms with Crippen molar-refractivity contribution in [3.8, 4) is 0 Å². The Morgan fingerprint density at radius 2 is 2.21 bits per heavy atom. The number of urea groups is 1. The number of anilines is 1. The molecule has 19 heavy (non-hydrogen) atoms. The van der Waals surface area contributed by atoms with Gasteiger partial charge in [0.05, 0.1) is 0 Å². The lowest BCUT2D eigenvalue weighted by Crippen LogP contribution is -2.51. The third-order valence-electron chi connectivity index (χ3n) is 3.69. The van der Waals surface area contributed by atoms with E-state index in [-0.39, 0.29) is 0 Å². The number of hydrogen-bond acceptors (Lipinski definition) is 4. The minimum Gasteiger partial charge on any atom is -0.437 e. The van der Waals surface area contributed by atoms with Gasteiger partial charge in [0.15, 0.2) is 0 Å². The molecular formula is C12H14N4O3. The number of carbonyl (C=O) groups excluding carboxylic acids is 2. The molecule has 0 bridgehead atoms. The molecule has 1 spiro atoms. The van der Waals surface area contributed by atoms with E-state index in [0.29, 0.717) is 31.7 Å². The number of pyridine rings is 1. The molecule has 0 saturated carbocycles. The minimum atomic E-state index is -0.697. The smallest absolute Gasteiger partial charge is 0.413 e. The maximum absolute atomic E-state index is 11.6. The number of amides is 3. The predicted molar refractivity (Wildman–Crippen MR) is 66.4 cm³/mol. The topological polar surface area (TPSA) is 97.5 Å². The second kappa shape index (κ2) is 4.11. The number of likely N-dealkylation sites (tertiary alicyclic amines) is 1. The molecule has 1 fully saturated rings. The number of nitrogens with zero attached hydrogens (tertiary/aromatic N) is 2. The normalized spacial score (nSPS) is 20.4. The molecule has 1 aromatic heterocycles. The number of hydrogen-bond donors (Lipinski definition) is 2. The number of fused-ring (bicyclic) bond motifs is 2. The van der Waals surface area contributed by atoms with Crippen LogP contribution in [0, 0.1) is 0 Å². The van der Waals surface area contributed by atoms with Crippen molar-refractivity contribution in [1.29, 1.82) is 0 Å². The molecule has 100 valence electrons. The summed E-state index contributed by atoms with van der Waals surface area (Å²) in [6, 6.07) is 3.25. The standard InChI is InChI=1S/C12H14N4O3/c13-10(17)16-6-3-12(4-7-16)8-2-1-5-14-9(8)15-11(18)19-12/h1-2,5H,3-4,6-7H2,(H2,13,17)(H,14,15,18). The van der Waals surface area contributed by atoms with Crippen molar-refractivity contribution in [2.24, 2.45) is 5.73 Å². The lowest BCUT2D eigenvalue weighted by molar-refractivity contribution is -0.0301. The number of aromatic nitrogens is 1. The Morgan fingerprint density at radius 1 is 1.47 bits per heavy atom. The highest BCUT2D eigenvalue weighted by Crippen LogP contribution is 2.42. The highest BCUT2D eigenvalue weighted by molar-refractivity contribution is 5.87. The summed E-state index contributed by atoms with van der Waals surface area (Å²) in [4.78, 5) is 28.5. The molecule has 2 aliphatic heterocycles. The van der Waals surface area contributed by atoms with Crippen LogP contribution in [-0.4, -0.2) is 35.1 Å². The molecule has 2 aliphatic rings. The van der Waals surface area contributed by atoms with E-state index < -0.39 is 17.7 Å². The molecule has 7 nitrogen and oxygen atoms in total. The first kappa shape index (κ1) is 11.8. The molecule has 3 N–H and O–H groups in total. The Morgan fingerprint density at radius 3 is 2.89 bits per heavy atom. The van der Waals surface area contributed by atoms with Crippen molar-refractivity contribution in [3.63, 3.8) is 0 Å². The third-order valence-corrected chi connectivity index (χ3v) is 3.69. The zero-order chi connectivity index (χ0) is 13.5. The summed E-state index contributed by atoms with van der Waals surface area (Å²) in [5.74, 6) is 0.534. The van der Waals surface area contributed by atoms with E-state index in [4.69, 9.17) is 10.5 Å². The summed E-state index contributed by atoms with van der Waals surface area (Å²) >= 11 is 0. The van der Waals surface area contributed by atoms with Gasteiger partial charge in [0.25, 0.3) is 0 Å². The van der Waals surface area contributed by atoms with Gasteiger partial charge in [-0.2, -0.15) is 0 Å². The van der Waals surface area contributed by atoms with Crippen LogP contribution in [0.2, 0.25) is 0 Å². The Kier molecular flexibility index (Phi) is 2.55. The predicted octanol–water partition coefficient (Wildman–Crippen LogP) is 1.01. The fraction of sp³-hybridized carbons (Fsp3) is 0.417. The SMILES string of the molecule is NC(=O)N1CCC2(CC1)OC(=O)Nc1ncccc12. The van der Waals surface area contributed by atoms with E-state index in [1.165, 1.54) is 0 Å². The maximum atomic E-state index is 11.6. The molecule has 3 rings (SSSR count). The lowest BCUT2D eigenvalue weighted by Gasteiger charge is -2.43. The number of nitrogens with one attached hydrogen (secondary N) is 1. The van der Waals surface area contributed by atoms with Crippen molar-refractivity contribution in [2.45, 2.75) is 18.4 Å². The molecule has 0 atom stereocenters. The van der Waals surface area contributed by atoms with Crippen LogP contribution in [0.1, 0.15) is 18.4 Å². The molecule has 1 saturated heterocycles. The Labute approximate surface area is 109 Å². The van der Waals surface area contributed by atoms with Gasteiger partial charge in [0.2, 0.25) is 0 Å². The quantitative estimate of drug-likeness (QED) is 0.729. The van der Waals surface area contributed by atoms with Crippen LogP contribution in [0.15, 0.2) is 18.3 Å². The van der Waals surface area contributed by atoms with Crippen molar-refractivity contribution in [3.05, 3.63) is 23.9 Å². The highest BCUT2D eigenvalue weighted by atomic mass is 16.6. The van der Waals surface area contributed by atoms with Crippen molar-refractivity contribution >= 4 is 17.9 Å². The van der Waals surface area contributed by atoms with Gasteiger partial charge in [0.1, 0.15) is 11.4 Å². The van der Waals surface area contributed by atoms with Crippen LogP contribution in [0.3, 0.4) is 0 Å². The molecule has 3 amide bonds. The third kappa shape index (κ3) is 1.87. The van der Waals surface area contributed by atoms with Crippen molar-refractivity contribution in [1.82, 2.24) is 9.88 Å². The number of piperidine rings is 1. The maximum Gasteiger partial charge on any atom is 0.413 e. The summed E-state index contributed by atoms with van der Waals surface area (Å²) in [6.07, 6.45) is 2.18. The van der Waals surface area contributed by atoms with Gasteiger partial charge in [-0.15, -0.1) is 0 Å².